The monoisotopic (exact) mass is 313 g/mol. The molecule has 84 valence electrons. The first-order chi connectivity index (χ1) is 6.97. The van der Waals surface area contributed by atoms with Gasteiger partial charge in [-0.1, -0.05) is 39.1 Å². The van der Waals surface area contributed by atoms with E-state index in [1.807, 2.05) is 0 Å². The van der Waals surface area contributed by atoms with E-state index in [1.165, 1.54) is 12.1 Å². The topological polar surface area (TPSA) is 66.5 Å². The zero-order valence-electron chi connectivity index (χ0n) is 7.62. The van der Waals surface area contributed by atoms with Gasteiger partial charge in [0.2, 0.25) is 0 Å². The molecule has 0 heterocycles. The largest absolute Gasteiger partial charge is 0.397 e. The van der Waals surface area contributed by atoms with Gasteiger partial charge in [0, 0.05) is 15.9 Å². The molecule has 1 aromatic rings. The molecular weight excluding hydrogens is 305 g/mol. The summed E-state index contributed by atoms with van der Waals surface area (Å²) < 4.78 is 0. The highest BCUT2D eigenvalue weighted by atomic mass is 79.9. The van der Waals surface area contributed by atoms with Crippen molar-refractivity contribution in [3.63, 3.8) is 0 Å². The van der Waals surface area contributed by atoms with Crippen LogP contribution < -0.4 is 5.73 Å². The molecule has 0 saturated heterocycles. The number of benzene rings is 1. The molecule has 1 aromatic carbocycles. The fraction of sp³-hybridized carbons (Fsp3) is 0.333. The lowest BCUT2D eigenvalue weighted by atomic mass is 10.0. The Hall–Kier alpha value is -0.0000000000000000555. The molecule has 0 aliphatic rings. The van der Waals surface area contributed by atoms with Crippen molar-refractivity contribution in [2.45, 2.75) is 12.2 Å². The van der Waals surface area contributed by atoms with Crippen LogP contribution in [0.5, 0.6) is 0 Å². The maximum atomic E-state index is 9.74. The first-order valence-electron chi connectivity index (χ1n) is 4.14. The van der Waals surface area contributed by atoms with E-state index in [0.717, 1.165) is 0 Å². The Balaban J connectivity index is 3.13. The van der Waals surface area contributed by atoms with Crippen LogP contribution in [-0.4, -0.2) is 21.6 Å². The highest BCUT2D eigenvalue weighted by molar-refractivity contribution is 9.09. The van der Waals surface area contributed by atoms with Crippen molar-refractivity contribution in [3.8, 4) is 0 Å². The molecular formula is C9H10BrCl2NO2. The molecule has 6 heteroatoms. The summed E-state index contributed by atoms with van der Waals surface area (Å²) in [5.74, 6) is 0. The molecule has 1 rings (SSSR count). The van der Waals surface area contributed by atoms with Crippen LogP contribution in [0.2, 0.25) is 10.0 Å². The van der Waals surface area contributed by atoms with Gasteiger partial charge < -0.3 is 15.9 Å². The average molecular weight is 315 g/mol. The van der Waals surface area contributed by atoms with Gasteiger partial charge in [-0.15, -0.1) is 0 Å². The van der Waals surface area contributed by atoms with Gasteiger partial charge >= 0.3 is 0 Å². The third-order valence-corrected chi connectivity index (χ3v) is 3.16. The normalized spacial score (nSPS) is 15.0. The summed E-state index contributed by atoms with van der Waals surface area (Å²) in [5, 5.41) is 20.1. The number of halogens is 3. The minimum Gasteiger partial charge on any atom is -0.397 e. The molecule has 2 unspecified atom stereocenters. The Morgan fingerprint density at radius 1 is 1.33 bits per heavy atom. The van der Waals surface area contributed by atoms with Gasteiger partial charge in [-0.2, -0.15) is 0 Å². The van der Waals surface area contributed by atoms with Crippen LogP contribution in [0.25, 0.3) is 0 Å². The molecule has 0 amide bonds. The lowest BCUT2D eigenvalue weighted by Gasteiger charge is -2.18. The minimum absolute atomic E-state index is 0.230. The van der Waals surface area contributed by atoms with Crippen molar-refractivity contribution in [2.24, 2.45) is 0 Å². The molecule has 0 radical (unpaired) electrons. The van der Waals surface area contributed by atoms with Gasteiger partial charge in [0.1, 0.15) is 6.10 Å². The van der Waals surface area contributed by atoms with Crippen LogP contribution in [0.4, 0.5) is 5.69 Å². The molecule has 0 aromatic heterocycles. The second-order valence-electron chi connectivity index (χ2n) is 3.06. The number of nitrogen functional groups attached to an aromatic ring is 1. The van der Waals surface area contributed by atoms with Crippen LogP contribution in [-0.2, 0) is 0 Å². The number of nitrogens with two attached hydrogens (primary N) is 1. The van der Waals surface area contributed by atoms with Crippen molar-refractivity contribution >= 4 is 44.8 Å². The molecule has 2 atom stereocenters. The number of aliphatic hydroxyl groups excluding tert-OH is 2. The summed E-state index contributed by atoms with van der Waals surface area (Å²) in [5.41, 5.74) is 6.23. The summed E-state index contributed by atoms with van der Waals surface area (Å²) >= 11 is 14.6. The molecule has 4 N–H and O–H groups in total. The molecule has 0 saturated carbocycles. The van der Waals surface area contributed by atoms with Gasteiger partial charge in [0.25, 0.3) is 0 Å². The predicted molar refractivity (Wildman–Crippen MR) is 65.6 cm³/mol. The number of anilines is 1. The molecule has 0 aliphatic heterocycles. The fourth-order valence-corrected chi connectivity index (χ4v) is 2.00. The average Bonchev–Trinajstić information content (AvgIpc) is 2.21. The zero-order valence-corrected chi connectivity index (χ0v) is 10.7. The third kappa shape index (κ3) is 2.98. The predicted octanol–water partition coefficient (Wildman–Crippen LogP) is 2.36. The van der Waals surface area contributed by atoms with Gasteiger partial charge in [0.15, 0.2) is 0 Å². The van der Waals surface area contributed by atoms with Crippen molar-refractivity contribution < 1.29 is 10.2 Å². The van der Waals surface area contributed by atoms with E-state index in [-0.39, 0.29) is 16.0 Å². The standard InChI is InChI=1S/C9H10BrCl2NO2/c10-3-7(14)9(15)5-1-4(11)2-6(12)8(5)13/h1-2,7,9,14-15H,3,13H2. The molecule has 15 heavy (non-hydrogen) atoms. The van der Waals surface area contributed by atoms with E-state index in [4.69, 9.17) is 28.9 Å². The van der Waals surface area contributed by atoms with Crippen molar-refractivity contribution in [2.75, 3.05) is 11.1 Å². The maximum Gasteiger partial charge on any atom is 0.108 e. The Bertz CT molecular complexity index is 362. The highest BCUT2D eigenvalue weighted by Gasteiger charge is 2.21. The molecule has 3 nitrogen and oxygen atoms in total. The molecule has 0 spiro atoms. The third-order valence-electron chi connectivity index (χ3n) is 1.97. The number of hydrogen-bond acceptors (Lipinski definition) is 3. The van der Waals surface area contributed by atoms with Gasteiger partial charge in [-0.05, 0) is 12.1 Å². The maximum absolute atomic E-state index is 9.74. The highest BCUT2D eigenvalue weighted by Crippen LogP contribution is 2.33. The summed E-state index contributed by atoms with van der Waals surface area (Å²) in [4.78, 5) is 0. The van der Waals surface area contributed by atoms with Crippen LogP contribution in [0, 0.1) is 0 Å². The minimum atomic E-state index is -1.11. The SMILES string of the molecule is Nc1c(Cl)cc(Cl)cc1C(O)C(O)CBr. The Morgan fingerprint density at radius 3 is 2.47 bits per heavy atom. The van der Waals surface area contributed by atoms with Crippen molar-refractivity contribution in [1.29, 1.82) is 0 Å². The summed E-state index contributed by atoms with van der Waals surface area (Å²) in [6.45, 7) is 0. The van der Waals surface area contributed by atoms with Crippen LogP contribution in [0.15, 0.2) is 12.1 Å². The zero-order chi connectivity index (χ0) is 11.6. The second-order valence-corrected chi connectivity index (χ2v) is 4.55. The number of hydrogen-bond donors (Lipinski definition) is 3. The van der Waals surface area contributed by atoms with Gasteiger partial charge in [-0.25, -0.2) is 0 Å². The Morgan fingerprint density at radius 2 is 1.93 bits per heavy atom. The first-order valence-corrected chi connectivity index (χ1v) is 6.01. The number of aliphatic hydroxyl groups is 2. The van der Waals surface area contributed by atoms with Gasteiger partial charge in [0.05, 0.1) is 16.8 Å². The first kappa shape index (κ1) is 13.1. The van der Waals surface area contributed by atoms with Crippen LogP contribution in [0.1, 0.15) is 11.7 Å². The molecule has 0 bridgehead atoms. The van der Waals surface area contributed by atoms with Crippen molar-refractivity contribution in [3.05, 3.63) is 27.7 Å². The Kier molecular flexibility index (Phi) is 4.67. The van der Waals surface area contributed by atoms with E-state index >= 15 is 0 Å². The van der Waals surface area contributed by atoms with E-state index in [0.29, 0.717) is 10.6 Å². The number of rotatable bonds is 3. The quantitative estimate of drug-likeness (QED) is 0.593. The van der Waals surface area contributed by atoms with E-state index in [1.54, 1.807) is 0 Å². The van der Waals surface area contributed by atoms with Crippen molar-refractivity contribution in [1.82, 2.24) is 0 Å². The number of alkyl halides is 1. The van der Waals surface area contributed by atoms with E-state index in [2.05, 4.69) is 15.9 Å². The summed E-state index contributed by atoms with van der Waals surface area (Å²) in [6, 6.07) is 2.97. The molecule has 0 aliphatic carbocycles. The van der Waals surface area contributed by atoms with E-state index in [9.17, 15) is 10.2 Å². The second kappa shape index (κ2) is 5.37. The van der Waals surface area contributed by atoms with Crippen LogP contribution >= 0.6 is 39.1 Å². The fourth-order valence-electron chi connectivity index (χ4n) is 1.14. The summed E-state index contributed by atoms with van der Waals surface area (Å²) in [6.07, 6.45) is -2.07. The van der Waals surface area contributed by atoms with E-state index < -0.39 is 12.2 Å². The van der Waals surface area contributed by atoms with Crippen LogP contribution in [0.3, 0.4) is 0 Å². The lowest BCUT2D eigenvalue weighted by Crippen LogP contribution is -2.20. The Labute approximate surface area is 106 Å². The lowest BCUT2D eigenvalue weighted by molar-refractivity contribution is 0.0347. The smallest absolute Gasteiger partial charge is 0.108 e. The summed E-state index contributed by atoms with van der Waals surface area (Å²) in [7, 11) is 0. The van der Waals surface area contributed by atoms with Gasteiger partial charge in [-0.3, -0.25) is 0 Å². The molecule has 0 fully saturated rings.